The standard InChI is InChI=1S/C16H15ClN2O4/c1-10-9-12(17)3-8-15(10)23-11(2)16(20)18-13-4-6-14(7-5-13)19(21)22/h3-9,11H,1-2H3,(H,18,20). The maximum atomic E-state index is 12.1. The second-order valence-electron chi connectivity index (χ2n) is 4.96. The lowest BCUT2D eigenvalue weighted by molar-refractivity contribution is -0.384. The largest absolute Gasteiger partial charge is 0.481 e. The average Bonchev–Trinajstić information content (AvgIpc) is 2.50. The molecule has 0 saturated heterocycles. The van der Waals surface area contributed by atoms with Gasteiger partial charge in [-0.25, -0.2) is 0 Å². The zero-order valence-corrected chi connectivity index (χ0v) is 13.3. The van der Waals surface area contributed by atoms with E-state index in [9.17, 15) is 14.9 Å². The van der Waals surface area contributed by atoms with E-state index in [2.05, 4.69) is 5.32 Å². The number of carbonyl (C=O) groups is 1. The number of halogens is 1. The van der Waals surface area contributed by atoms with Crippen molar-refractivity contribution in [2.24, 2.45) is 0 Å². The lowest BCUT2D eigenvalue weighted by atomic mass is 10.2. The number of non-ortho nitro benzene ring substituents is 1. The number of nitrogens with one attached hydrogen (secondary N) is 1. The molecule has 23 heavy (non-hydrogen) atoms. The molecule has 1 atom stereocenters. The van der Waals surface area contributed by atoms with Gasteiger partial charge < -0.3 is 10.1 Å². The van der Waals surface area contributed by atoms with E-state index in [-0.39, 0.29) is 11.6 Å². The summed E-state index contributed by atoms with van der Waals surface area (Å²) in [6.45, 7) is 3.46. The summed E-state index contributed by atoms with van der Waals surface area (Å²) in [4.78, 5) is 22.2. The highest BCUT2D eigenvalue weighted by Crippen LogP contribution is 2.23. The first-order valence-corrected chi connectivity index (χ1v) is 7.23. The van der Waals surface area contributed by atoms with Crippen LogP contribution in [0.1, 0.15) is 12.5 Å². The third-order valence-electron chi connectivity index (χ3n) is 3.16. The molecule has 0 radical (unpaired) electrons. The lowest BCUT2D eigenvalue weighted by Crippen LogP contribution is -2.30. The number of anilines is 1. The topological polar surface area (TPSA) is 81.5 Å². The lowest BCUT2D eigenvalue weighted by Gasteiger charge is -2.16. The Morgan fingerprint density at radius 1 is 1.26 bits per heavy atom. The van der Waals surface area contributed by atoms with Crippen molar-refractivity contribution in [1.29, 1.82) is 0 Å². The first-order valence-electron chi connectivity index (χ1n) is 6.85. The molecule has 1 unspecified atom stereocenters. The van der Waals surface area contributed by atoms with Crippen LogP contribution in [0.15, 0.2) is 42.5 Å². The van der Waals surface area contributed by atoms with Crippen molar-refractivity contribution in [2.75, 3.05) is 5.32 Å². The van der Waals surface area contributed by atoms with Gasteiger partial charge >= 0.3 is 0 Å². The fourth-order valence-corrected chi connectivity index (χ4v) is 2.13. The molecule has 0 bridgehead atoms. The number of hydrogen-bond acceptors (Lipinski definition) is 4. The van der Waals surface area contributed by atoms with Gasteiger partial charge in [0.2, 0.25) is 0 Å². The number of nitro groups is 1. The van der Waals surface area contributed by atoms with Crippen LogP contribution in [0.3, 0.4) is 0 Å². The Morgan fingerprint density at radius 3 is 2.48 bits per heavy atom. The summed E-state index contributed by atoms with van der Waals surface area (Å²) in [7, 11) is 0. The molecule has 2 rings (SSSR count). The Hall–Kier alpha value is -2.60. The van der Waals surface area contributed by atoms with Crippen molar-refractivity contribution in [3.05, 3.63) is 63.2 Å². The molecule has 7 heteroatoms. The number of rotatable bonds is 5. The summed E-state index contributed by atoms with van der Waals surface area (Å²) < 4.78 is 5.62. The minimum atomic E-state index is -0.731. The van der Waals surface area contributed by atoms with Crippen LogP contribution in [0.2, 0.25) is 5.02 Å². The fraction of sp³-hybridized carbons (Fsp3) is 0.188. The highest BCUT2D eigenvalue weighted by Gasteiger charge is 2.16. The van der Waals surface area contributed by atoms with Crippen LogP contribution >= 0.6 is 11.6 Å². The molecular formula is C16H15ClN2O4. The van der Waals surface area contributed by atoms with Gasteiger partial charge in [0.15, 0.2) is 6.10 Å². The van der Waals surface area contributed by atoms with Gasteiger partial charge in [0.25, 0.3) is 11.6 Å². The summed E-state index contributed by atoms with van der Waals surface area (Å²) in [5.74, 6) is 0.217. The Labute approximate surface area is 138 Å². The van der Waals surface area contributed by atoms with Crippen LogP contribution in [0.25, 0.3) is 0 Å². The molecule has 0 heterocycles. The molecule has 0 saturated carbocycles. The van der Waals surface area contributed by atoms with Crippen LogP contribution in [-0.4, -0.2) is 16.9 Å². The fourth-order valence-electron chi connectivity index (χ4n) is 1.90. The normalized spacial score (nSPS) is 11.6. The summed E-state index contributed by atoms with van der Waals surface area (Å²) in [5, 5.41) is 13.8. The first-order chi connectivity index (χ1) is 10.9. The number of nitrogens with zero attached hydrogens (tertiary/aromatic N) is 1. The number of hydrogen-bond donors (Lipinski definition) is 1. The molecule has 2 aromatic rings. The summed E-state index contributed by atoms with van der Waals surface area (Å²) in [5.41, 5.74) is 1.25. The molecule has 0 spiro atoms. The van der Waals surface area contributed by atoms with Crippen molar-refractivity contribution < 1.29 is 14.5 Å². The zero-order chi connectivity index (χ0) is 17.0. The summed E-state index contributed by atoms with van der Waals surface area (Å²) in [6, 6.07) is 10.7. The van der Waals surface area contributed by atoms with Crippen molar-refractivity contribution in [3.8, 4) is 5.75 Å². The molecule has 6 nitrogen and oxygen atoms in total. The molecule has 0 aliphatic rings. The van der Waals surface area contributed by atoms with Crippen molar-refractivity contribution >= 4 is 28.9 Å². The number of aryl methyl sites for hydroxylation is 1. The van der Waals surface area contributed by atoms with Crippen LogP contribution in [0.4, 0.5) is 11.4 Å². The van der Waals surface area contributed by atoms with Crippen LogP contribution in [-0.2, 0) is 4.79 Å². The molecule has 2 aromatic carbocycles. The molecule has 0 aliphatic carbocycles. The zero-order valence-electron chi connectivity index (χ0n) is 12.6. The quantitative estimate of drug-likeness (QED) is 0.662. The van der Waals surface area contributed by atoms with Gasteiger partial charge in [0.05, 0.1) is 4.92 Å². The Morgan fingerprint density at radius 2 is 1.91 bits per heavy atom. The van der Waals surface area contributed by atoms with E-state index < -0.39 is 11.0 Å². The molecular weight excluding hydrogens is 320 g/mol. The van der Waals surface area contributed by atoms with Gasteiger partial charge in [-0.15, -0.1) is 0 Å². The van der Waals surface area contributed by atoms with Gasteiger partial charge in [-0.1, -0.05) is 11.6 Å². The van der Waals surface area contributed by atoms with E-state index in [1.54, 1.807) is 25.1 Å². The number of ether oxygens (including phenoxy) is 1. The van der Waals surface area contributed by atoms with E-state index in [1.165, 1.54) is 24.3 Å². The smallest absolute Gasteiger partial charge is 0.269 e. The van der Waals surface area contributed by atoms with Gasteiger partial charge in [0.1, 0.15) is 5.75 Å². The Balaban J connectivity index is 2.00. The maximum absolute atomic E-state index is 12.1. The van der Waals surface area contributed by atoms with Gasteiger partial charge in [0, 0.05) is 22.8 Å². The van der Waals surface area contributed by atoms with E-state index in [1.807, 2.05) is 6.92 Å². The summed E-state index contributed by atoms with van der Waals surface area (Å²) >= 11 is 5.88. The van der Waals surface area contributed by atoms with E-state index in [4.69, 9.17) is 16.3 Å². The number of amides is 1. The van der Waals surface area contributed by atoms with Gasteiger partial charge in [-0.2, -0.15) is 0 Å². The van der Waals surface area contributed by atoms with Crippen LogP contribution in [0.5, 0.6) is 5.75 Å². The first kappa shape index (κ1) is 16.8. The van der Waals surface area contributed by atoms with E-state index in [0.717, 1.165) is 5.56 Å². The number of benzene rings is 2. The highest BCUT2D eigenvalue weighted by atomic mass is 35.5. The van der Waals surface area contributed by atoms with Crippen molar-refractivity contribution in [3.63, 3.8) is 0 Å². The van der Waals surface area contributed by atoms with E-state index in [0.29, 0.717) is 16.5 Å². The minimum Gasteiger partial charge on any atom is -0.481 e. The molecule has 0 fully saturated rings. The van der Waals surface area contributed by atoms with Crippen LogP contribution < -0.4 is 10.1 Å². The number of carbonyl (C=O) groups excluding carboxylic acids is 1. The monoisotopic (exact) mass is 334 g/mol. The average molecular weight is 335 g/mol. The molecule has 1 N–H and O–H groups in total. The summed E-state index contributed by atoms with van der Waals surface area (Å²) in [6.07, 6.45) is -0.731. The molecule has 1 amide bonds. The predicted octanol–water partition coefficient (Wildman–Crippen LogP) is 3.96. The second-order valence-corrected chi connectivity index (χ2v) is 5.40. The third kappa shape index (κ3) is 4.43. The van der Waals surface area contributed by atoms with Gasteiger partial charge in [-0.3, -0.25) is 14.9 Å². The Kier molecular flexibility index (Phi) is 5.18. The van der Waals surface area contributed by atoms with Crippen LogP contribution in [0, 0.1) is 17.0 Å². The molecule has 0 aromatic heterocycles. The minimum absolute atomic E-state index is 0.0379. The second kappa shape index (κ2) is 7.11. The SMILES string of the molecule is Cc1cc(Cl)ccc1OC(C)C(=O)Nc1ccc([N+](=O)[O-])cc1. The van der Waals surface area contributed by atoms with E-state index >= 15 is 0 Å². The molecule has 0 aliphatic heterocycles. The maximum Gasteiger partial charge on any atom is 0.269 e. The predicted molar refractivity (Wildman–Crippen MR) is 88.0 cm³/mol. The highest BCUT2D eigenvalue weighted by molar-refractivity contribution is 6.30. The van der Waals surface area contributed by atoms with Crippen molar-refractivity contribution in [1.82, 2.24) is 0 Å². The van der Waals surface area contributed by atoms with Gasteiger partial charge in [-0.05, 0) is 49.7 Å². The number of nitro benzene ring substituents is 1. The third-order valence-corrected chi connectivity index (χ3v) is 3.39. The van der Waals surface area contributed by atoms with Crippen molar-refractivity contribution in [2.45, 2.75) is 20.0 Å². The Bertz CT molecular complexity index is 731. The molecule has 120 valence electrons.